The first-order chi connectivity index (χ1) is 16.5. The summed E-state index contributed by atoms with van der Waals surface area (Å²) in [6.45, 7) is 11.5. The lowest BCUT2D eigenvalue weighted by atomic mass is 9.72. The first-order valence-corrected chi connectivity index (χ1v) is 12.4. The molecule has 9 heteroatoms. The molecule has 9 nitrogen and oxygen atoms in total. The van der Waals surface area contributed by atoms with Crippen molar-refractivity contribution in [1.82, 2.24) is 15.1 Å². The third-order valence-electron chi connectivity index (χ3n) is 7.36. The predicted octanol–water partition coefficient (Wildman–Crippen LogP) is 2.92. The number of piperidine rings is 1. The average molecular weight is 485 g/mol. The zero-order valence-corrected chi connectivity index (χ0v) is 21.1. The Bertz CT molecular complexity index is 1000. The van der Waals surface area contributed by atoms with E-state index in [2.05, 4.69) is 16.3 Å². The van der Waals surface area contributed by atoms with Gasteiger partial charge in [-0.2, -0.15) is 0 Å². The van der Waals surface area contributed by atoms with Gasteiger partial charge in [0, 0.05) is 61.9 Å². The number of fused-ring (bicyclic) bond motifs is 1. The Morgan fingerprint density at radius 3 is 2.51 bits per heavy atom. The highest BCUT2D eigenvalue weighted by atomic mass is 16.6. The summed E-state index contributed by atoms with van der Waals surface area (Å²) >= 11 is 0. The van der Waals surface area contributed by atoms with Gasteiger partial charge in [-0.25, -0.2) is 4.79 Å². The van der Waals surface area contributed by atoms with Crippen LogP contribution in [0.4, 0.5) is 10.5 Å². The first kappa shape index (κ1) is 25.0. The summed E-state index contributed by atoms with van der Waals surface area (Å²) in [6, 6.07) is 5.95. The van der Waals surface area contributed by atoms with Gasteiger partial charge in [0.15, 0.2) is 0 Å². The number of imide groups is 1. The largest absolute Gasteiger partial charge is 0.444 e. The molecule has 3 heterocycles. The van der Waals surface area contributed by atoms with E-state index in [1.54, 1.807) is 9.80 Å². The van der Waals surface area contributed by atoms with Gasteiger partial charge in [0.1, 0.15) is 5.60 Å². The van der Waals surface area contributed by atoms with Crippen LogP contribution in [0.15, 0.2) is 18.2 Å². The molecule has 4 amide bonds. The summed E-state index contributed by atoms with van der Waals surface area (Å²) in [5.74, 6) is -0.342. The Kier molecular flexibility index (Phi) is 6.79. The fourth-order valence-electron chi connectivity index (χ4n) is 5.29. The number of amides is 4. The number of hydrogen-bond donors (Lipinski definition) is 1. The Morgan fingerprint density at radius 2 is 1.89 bits per heavy atom. The molecule has 0 bridgehead atoms. The molecule has 35 heavy (non-hydrogen) atoms. The van der Waals surface area contributed by atoms with E-state index in [0.717, 1.165) is 55.8 Å². The number of nitrogens with one attached hydrogen (secondary N) is 1. The molecule has 1 aromatic rings. The maximum absolute atomic E-state index is 12.9. The zero-order valence-electron chi connectivity index (χ0n) is 21.1. The highest BCUT2D eigenvalue weighted by Gasteiger charge is 2.48. The van der Waals surface area contributed by atoms with Crippen LogP contribution in [0.3, 0.4) is 0 Å². The number of rotatable bonds is 6. The molecule has 1 atom stereocenters. The van der Waals surface area contributed by atoms with Crippen molar-refractivity contribution in [3.8, 4) is 0 Å². The highest BCUT2D eigenvalue weighted by Crippen LogP contribution is 2.42. The van der Waals surface area contributed by atoms with Crippen molar-refractivity contribution in [2.24, 2.45) is 5.41 Å². The third-order valence-corrected chi connectivity index (χ3v) is 7.36. The minimum atomic E-state index is -0.476. The molecule has 0 aliphatic carbocycles. The van der Waals surface area contributed by atoms with Crippen LogP contribution in [-0.4, -0.2) is 71.9 Å². The van der Waals surface area contributed by atoms with Crippen LogP contribution in [0.2, 0.25) is 0 Å². The molecule has 0 radical (unpaired) electrons. The van der Waals surface area contributed by atoms with Crippen molar-refractivity contribution in [3.63, 3.8) is 0 Å². The topological polar surface area (TPSA) is 99.3 Å². The van der Waals surface area contributed by atoms with Crippen molar-refractivity contribution in [2.75, 3.05) is 31.1 Å². The standard InChI is InChI=1S/C26H36N4O5/c1-18(5-8-22(32)27-17-31)30-14-19-13-20(6-7-21(19)23(30)33)28-11-9-26(10-12-28)15-29(16-26)24(34)35-25(2,3)4/h6-7,13,17-18H,5,8-12,14-16H2,1-4H3,(H,27,31,32). The molecule has 1 aromatic carbocycles. The summed E-state index contributed by atoms with van der Waals surface area (Å²) in [5, 5.41) is 2.14. The van der Waals surface area contributed by atoms with Crippen molar-refractivity contribution < 1.29 is 23.9 Å². The molecule has 1 spiro atoms. The predicted molar refractivity (Wildman–Crippen MR) is 131 cm³/mol. The molecule has 2 saturated heterocycles. The van der Waals surface area contributed by atoms with Gasteiger partial charge in [0.05, 0.1) is 0 Å². The lowest BCUT2D eigenvalue weighted by molar-refractivity contribution is -0.125. The highest BCUT2D eigenvalue weighted by molar-refractivity contribution is 5.99. The fraction of sp³-hybridized carbons (Fsp3) is 0.615. The smallest absolute Gasteiger partial charge is 0.410 e. The van der Waals surface area contributed by atoms with Gasteiger partial charge in [-0.15, -0.1) is 0 Å². The van der Waals surface area contributed by atoms with Crippen molar-refractivity contribution in [1.29, 1.82) is 0 Å². The maximum atomic E-state index is 12.9. The molecule has 0 saturated carbocycles. The van der Waals surface area contributed by atoms with Crippen molar-refractivity contribution in [2.45, 2.75) is 71.6 Å². The van der Waals surface area contributed by atoms with E-state index in [1.807, 2.05) is 39.8 Å². The van der Waals surface area contributed by atoms with Crippen LogP contribution in [0.1, 0.15) is 69.3 Å². The van der Waals surface area contributed by atoms with Crippen LogP contribution in [0.5, 0.6) is 0 Å². The lowest BCUT2D eigenvalue weighted by Gasteiger charge is -2.54. The molecular weight excluding hydrogens is 448 g/mol. The van der Waals surface area contributed by atoms with Gasteiger partial charge in [-0.1, -0.05) is 0 Å². The Hall–Kier alpha value is -3.10. The number of likely N-dealkylation sites (tertiary alicyclic amines) is 1. The van der Waals surface area contributed by atoms with Gasteiger partial charge in [0.25, 0.3) is 5.91 Å². The summed E-state index contributed by atoms with van der Waals surface area (Å²) in [4.78, 5) is 53.2. The molecule has 4 rings (SSSR count). The summed E-state index contributed by atoms with van der Waals surface area (Å²) in [5.41, 5.74) is 2.56. The number of benzene rings is 1. The van der Waals surface area contributed by atoms with E-state index in [0.29, 0.717) is 19.4 Å². The van der Waals surface area contributed by atoms with E-state index in [1.165, 1.54) is 0 Å². The van der Waals surface area contributed by atoms with Crippen LogP contribution in [0.25, 0.3) is 0 Å². The fourth-order valence-corrected chi connectivity index (χ4v) is 5.29. The van der Waals surface area contributed by atoms with E-state index < -0.39 is 5.60 Å². The number of nitrogens with zero attached hydrogens (tertiary/aromatic N) is 3. The summed E-state index contributed by atoms with van der Waals surface area (Å²) in [6.07, 6.45) is 2.91. The van der Waals surface area contributed by atoms with Crippen molar-refractivity contribution in [3.05, 3.63) is 29.3 Å². The number of carbonyl (C=O) groups is 4. The summed E-state index contributed by atoms with van der Waals surface area (Å²) in [7, 11) is 0. The average Bonchev–Trinajstić information content (AvgIpc) is 3.11. The van der Waals surface area contributed by atoms with Crippen LogP contribution in [0, 0.1) is 5.41 Å². The molecular formula is C26H36N4O5. The second-order valence-corrected chi connectivity index (χ2v) is 11.2. The van der Waals surface area contributed by atoms with E-state index in [9.17, 15) is 19.2 Å². The third kappa shape index (κ3) is 5.44. The number of ether oxygens (including phenoxy) is 1. The van der Waals surface area contributed by atoms with Gasteiger partial charge in [-0.05, 0) is 70.7 Å². The van der Waals surface area contributed by atoms with Crippen molar-refractivity contribution >= 4 is 30.0 Å². The Balaban J connectivity index is 1.30. The second-order valence-electron chi connectivity index (χ2n) is 11.2. The van der Waals surface area contributed by atoms with Crippen LogP contribution >= 0.6 is 0 Å². The van der Waals surface area contributed by atoms with Gasteiger partial charge >= 0.3 is 6.09 Å². The van der Waals surface area contributed by atoms with Gasteiger partial charge in [0.2, 0.25) is 12.3 Å². The monoisotopic (exact) mass is 484 g/mol. The van der Waals surface area contributed by atoms with Crippen LogP contribution < -0.4 is 10.2 Å². The lowest BCUT2D eigenvalue weighted by Crippen LogP contribution is -2.62. The second kappa shape index (κ2) is 9.51. The maximum Gasteiger partial charge on any atom is 0.410 e. The molecule has 0 aromatic heterocycles. The number of carbonyl (C=O) groups excluding carboxylic acids is 4. The molecule has 3 aliphatic heterocycles. The zero-order chi connectivity index (χ0) is 25.4. The quantitative estimate of drug-likeness (QED) is 0.624. The minimum Gasteiger partial charge on any atom is -0.444 e. The molecule has 1 unspecified atom stereocenters. The number of hydrogen-bond acceptors (Lipinski definition) is 6. The molecule has 190 valence electrons. The minimum absolute atomic E-state index is 0.0101. The van der Waals surface area contributed by atoms with Crippen LogP contribution in [-0.2, 0) is 20.9 Å². The normalized spacial score (nSPS) is 19.8. The Labute approximate surface area is 206 Å². The molecule has 3 aliphatic rings. The van der Waals surface area contributed by atoms with Gasteiger partial charge < -0.3 is 19.4 Å². The SMILES string of the molecule is CC(CCC(=O)NC=O)N1Cc2cc(N3CCC4(CC3)CN(C(=O)OC(C)(C)C)C4)ccc2C1=O. The number of anilines is 1. The molecule has 1 N–H and O–H groups in total. The first-order valence-electron chi connectivity index (χ1n) is 12.4. The molecule has 2 fully saturated rings. The van der Waals surface area contributed by atoms with E-state index in [-0.39, 0.29) is 35.8 Å². The van der Waals surface area contributed by atoms with E-state index >= 15 is 0 Å². The Morgan fingerprint density at radius 1 is 1.20 bits per heavy atom. The summed E-state index contributed by atoms with van der Waals surface area (Å²) < 4.78 is 5.49. The van der Waals surface area contributed by atoms with E-state index in [4.69, 9.17) is 4.74 Å². The van der Waals surface area contributed by atoms with Gasteiger partial charge in [-0.3, -0.25) is 19.7 Å².